The molecule has 144 valence electrons. The summed E-state index contributed by atoms with van der Waals surface area (Å²) in [6.07, 6.45) is 1.80. The number of nitrogens with one attached hydrogen (secondary N) is 1. The van der Waals surface area contributed by atoms with Crippen molar-refractivity contribution in [3.8, 4) is 5.75 Å². The summed E-state index contributed by atoms with van der Waals surface area (Å²) >= 11 is 0. The fraction of sp³-hybridized carbons (Fsp3) is 0.364. The Bertz CT molecular complexity index is 774. The second-order valence-corrected chi connectivity index (χ2v) is 6.53. The van der Waals surface area contributed by atoms with Crippen LogP contribution in [0.2, 0.25) is 0 Å². The van der Waals surface area contributed by atoms with Gasteiger partial charge < -0.3 is 15.0 Å². The molecule has 0 fully saturated rings. The highest BCUT2D eigenvalue weighted by atomic mass is 16.5. The average Bonchev–Trinajstić information content (AvgIpc) is 2.66. The summed E-state index contributed by atoms with van der Waals surface area (Å²) in [6.45, 7) is 4.54. The summed E-state index contributed by atoms with van der Waals surface area (Å²) in [6, 6.07) is 15.5. The van der Waals surface area contributed by atoms with Crippen molar-refractivity contribution in [1.29, 1.82) is 0 Å². The van der Waals surface area contributed by atoms with E-state index in [0.717, 1.165) is 29.0 Å². The zero-order valence-electron chi connectivity index (χ0n) is 16.3. The van der Waals surface area contributed by atoms with Crippen molar-refractivity contribution in [2.75, 3.05) is 25.5 Å². The van der Waals surface area contributed by atoms with Crippen LogP contribution in [0.5, 0.6) is 5.75 Å². The van der Waals surface area contributed by atoms with Gasteiger partial charge >= 0.3 is 0 Å². The van der Waals surface area contributed by atoms with Gasteiger partial charge in [-0.3, -0.25) is 9.59 Å². The molecule has 2 aromatic carbocycles. The number of hydrogen-bond acceptors (Lipinski definition) is 3. The van der Waals surface area contributed by atoms with Gasteiger partial charge in [0.15, 0.2) is 0 Å². The van der Waals surface area contributed by atoms with Crippen molar-refractivity contribution < 1.29 is 14.3 Å². The molecule has 0 radical (unpaired) electrons. The Morgan fingerprint density at radius 2 is 1.78 bits per heavy atom. The summed E-state index contributed by atoms with van der Waals surface area (Å²) in [4.78, 5) is 25.9. The molecule has 0 heterocycles. The lowest BCUT2D eigenvalue weighted by atomic mass is 10.1. The first-order valence-electron chi connectivity index (χ1n) is 9.31. The number of carbonyl (C=O) groups is 2. The number of carbonyl (C=O) groups excluding carboxylic acids is 2. The fourth-order valence-corrected chi connectivity index (χ4v) is 2.76. The maximum atomic E-state index is 12.2. The largest absolute Gasteiger partial charge is 0.493 e. The van der Waals surface area contributed by atoms with E-state index in [2.05, 4.69) is 5.32 Å². The minimum Gasteiger partial charge on any atom is -0.493 e. The summed E-state index contributed by atoms with van der Waals surface area (Å²) in [5.41, 5.74) is 2.95. The molecule has 2 aromatic rings. The van der Waals surface area contributed by atoms with Crippen LogP contribution >= 0.6 is 0 Å². The molecule has 0 aromatic heterocycles. The van der Waals surface area contributed by atoms with Gasteiger partial charge in [-0.05, 0) is 43.0 Å². The zero-order valence-corrected chi connectivity index (χ0v) is 16.3. The Morgan fingerprint density at radius 1 is 1.07 bits per heavy atom. The summed E-state index contributed by atoms with van der Waals surface area (Å²) in [5, 5.41) is 2.88. The predicted octanol–water partition coefficient (Wildman–Crippen LogP) is 3.81. The molecule has 2 amide bonds. The van der Waals surface area contributed by atoms with Gasteiger partial charge in [0, 0.05) is 19.2 Å². The number of ether oxygens (including phenoxy) is 1. The smallest absolute Gasteiger partial charge is 0.243 e. The Balaban J connectivity index is 1.73. The van der Waals surface area contributed by atoms with Gasteiger partial charge in [0.25, 0.3) is 0 Å². The number of hydrogen-bond donors (Lipinski definition) is 1. The lowest BCUT2D eigenvalue weighted by Gasteiger charge is -2.18. The van der Waals surface area contributed by atoms with Crippen molar-refractivity contribution in [1.82, 2.24) is 4.90 Å². The third kappa shape index (κ3) is 6.44. The van der Waals surface area contributed by atoms with Gasteiger partial charge in [0.05, 0.1) is 13.2 Å². The molecular weight excluding hydrogens is 340 g/mol. The van der Waals surface area contributed by atoms with Gasteiger partial charge in [-0.15, -0.1) is 0 Å². The third-order valence-electron chi connectivity index (χ3n) is 4.37. The Morgan fingerprint density at radius 3 is 2.52 bits per heavy atom. The van der Waals surface area contributed by atoms with Crippen LogP contribution in [0.3, 0.4) is 0 Å². The number of para-hydroxylation sites is 2. The molecule has 5 heteroatoms. The zero-order chi connectivity index (χ0) is 19.6. The summed E-state index contributed by atoms with van der Waals surface area (Å²) in [5.74, 6) is 0.581. The highest BCUT2D eigenvalue weighted by Crippen LogP contribution is 2.17. The average molecular weight is 368 g/mol. The number of likely N-dealkylation sites (N-methyl/N-ethyl adjacent to an activating group) is 1. The van der Waals surface area contributed by atoms with Gasteiger partial charge in [0.1, 0.15) is 5.75 Å². The molecule has 0 unspecified atom stereocenters. The first kappa shape index (κ1) is 20.5. The van der Waals surface area contributed by atoms with Crippen LogP contribution in [0, 0.1) is 6.92 Å². The minimum absolute atomic E-state index is 0.0372. The van der Waals surface area contributed by atoms with Crippen LogP contribution in [-0.2, 0) is 16.0 Å². The number of anilines is 1. The van der Waals surface area contributed by atoms with Crippen LogP contribution in [-0.4, -0.2) is 36.9 Å². The van der Waals surface area contributed by atoms with E-state index in [4.69, 9.17) is 4.74 Å². The van der Waals surface area contributed by atoms with Crippen molar-refractivity contribution in [2.45, 2.75) is 33.1 Å². The second-order valence-electron chi connectivity index (χ2n) is 6.53. The fourth-order valence-electron chi connectivity index (χ4n) is 2.76. The number of aryl methyl sites for hydroxylation is 2. The van der Waals surface area contributed by atoms with Gasteiger partial charge in [-0.25, -0.2) is 0 Å². The molecule has 1 N–H and O–H groups in total. The number of benzene rings is 2. The van der Waals surface area contributed by atoms with E-state index in [-0.39, 0.29) is 18.4 Å². The molecule has 0 spiro atoms. The summed E-state index contributed by atoms with van der Waals surface area (Å²) < 4.78 is 5.70. The Hall–Kier alpha value is -2.82. The molecular formula is C22H28N2O3. The molecule has 27 heavy (non-hydrogen) atoms. The molecule has 0 bridgehead atoms. The minimum atomic E-state index is -0.192. The third-order valence-corrected chi connectivity index (χ3v) is 4.37. The maximum absolute atomic E-state index is 12.2. The molecule has 0 saturated heterocycles. The second kappa shape index (κ2) is 10.4. The molecule has 0 saturated carbocycles. The van der Waals surface area contributed by atoms with E-state index in [1.165, 1.54) is 4.90 Å². The first-order chi connectivity index (χ1) is 13.0. The van der Waals surface area contributed by atoms with Crippen LogP contribution in [0.25, 0.3) is 0 Å². The lowest BCUT2D eigenvalue weighted by Crippen LogP contribution is -2.35. The monoisotopic (exact) mass is 368 g/mol. The van der Waals surface area contributed by atoms with E-state index < -0.39 is 0 Å². The Kier molecular flexibility index (Phi) is 7.86. The quantitative estimate of drug-likeness (QED) is 0.685. The SMILES string of the molecule is CCc1ccccc1NC(=O)CN(C)C(=O)CCCOc1ccccc1C. The van der Waals surface area contributed by atoms with Crippen LogP contribution in [0.15, 0.2) is 48.5 Å². The van der Waals surface area contributed by atoms with E-state index in [9.17, 15) is 9.59 Å². The van der Waals surface area contributed by atoms with Gasteiger partial charge in [0.2, 0.25) is 11.8 Å². The van der Waals surface area contributed by atoms with Crippen LogP contribution < -0.4 is 10.1 Å². The van der Waals surface area contributed by atoms with Gasteiger partial charge in [-0.1, -0.05) is 43.3 Å². The van der Waals surface area contributed by atoms with Crippen LogP contribution in [0.4, 0.5) is 5.69 Å². The number of rotatable bonds is 9. The van der Waals surface area contributed by atoms with Crippen LogP contribution in [0.1, 0.15) is 30.9 Å². The van der Waals surface area contributed by atoms with Gasteiger partial charge in [-0.2, -0.15) is 0 Å². The maximum Gasteiger partial charge on any atom is 0.243 e. The number of nitrogens with zero attached hydrogens (tertiary/aromatic N) is 1. The van der Waals surface area contributed by atoms with E-state index in [0.29, 0.717) is 19.4 Å². The molecule has 0 atom stereocenters. The summed E-state index contributed by atoms with van der Waals surface area (Å²) in [7, 11) is 1.65. The molecule has 0 aliphatic heterocycles. The molecule has 2 rings (SSSR count). The normalized spacial score (nSPS) is 10.3. The molecule has 0 aliphatic carbocycles. The Labute approximate surface area is 161 Å². The van der Waals surface area contributed by atoms with E-state index in [1.54, 1.807) is 7.05 Å². The van der Waals surface area contributed by atoms with E-state index >= 15 is 0 Å². The van der Waals surface area contributed by atoms with Crippen molar-refractivity contribution in [3.63, 3.8) is 0 Å². The molecule has 5 nitrogen and oxygen atoms in total. The topological polar surface area (TPSA) is 58.6 Å². The predicted molar refractivity (Wildman–Crippen MR) is 108 cm³/mol. The highest BCUT2D eigenvalue weighted by molar-refractivity contribution is 5.95. The molecule has 0 aliphatic rings. The standard InChI is InChI=1S/C22H28N2O3/c1-4-18-11-6-7-12-19(18)23-21(25)16-24(3)22(26)14-9-15-27-20-13-8-5-10-17(20)2/h5-8,10-13H,4,9,14-16H2,1-3H3,(H,23,25). The van der Waals surface area contributed by atoms with Crippen molar-refractivity contribution >= 4 is 17.5 Å². The lowest BCUT2D eigenvalue weighted by molar-refractivity contribution is -0.133. The van der Waals surface area contributed by atoms with Crippen molar-refractivity contribution in [2.24, 2.45) is 0 Å². The first-order valence-corrected chi connectivity index (χ1v) is 9.31. The van der Waals surface area contributed by atoms with Crippen molar-refractivity contribution in [3.05, 3.63) is 59.7 Å². The number of amides is 2. The highest BCUT2D eigenvalue weighted by Gasteiger charge is 2.14. The van der Waals surface area contributed by atoms with E-state index in [1.807, 2.05) is 62.4 Å².